The van der Waals surface area contributed by atoms with Crippen molar-refractivity contribution in [1.29, 1.82) is 0 Å². The number of hydrogen-bond acceptors (Lipinski definition) is 6. The Balaban J connectivity index is 1.72. The number of nitrogens with two attached hydrogens (primary N) is 1. The van der Waals surface area contributed by atoms with Gasteiger partial charge in [-0.2, -0.15) is 13.9 Å². The predicted molar refractivity (Wildman–Crippen MR) is 100 cm³/mol. The highest BCUT2D eigenvalue weighted by Crippen LogP contribution is 2.34. The van der Waals surface area contributed by atoms with Crippen LogP contribution in [-0.4, -0.2) is 22.2 Å². The summed E-state index contributed by atoms with van der Waals surface area (Å²) in [6.07, 6.45) is -3.24. The van der Waals surface area contributed by atoms with E-state index in [2.05, 4.69) is 20.3 Å². The summed E-state index contributed by atoms with van der Waals surface area (Å²) < 4.78 is 30.1. The molecule has 2 heterocycles. The average Bonchev–Trinajstić information content (AvgIpc) is 2.93. The Bertz CT molecular complexity index is 997. The van der Waals surface area contributed by atoms with Crippen molar-refractivity contribution in [2.45, 2.75) is 33.4 Å². The third-order valence-corrected chi connectivity index (χ3v) is 5.10. The van der Waals surface area contributed by atoms with Crippen molar-refractivity contribution in [2.24, 2.45) is 0 Å². The number of halogens is 2. The first-order valence-electron chi connectivity index (χ1n) is 8.11. The number of nitrogen functional groups attached to an aromatic ring is 1. The number of carbonyl (C=O) groups excluding carboxylic acids is 1. The monoisotopic (exact) mass is 392 g/mol. The number of carbonyl (C=O) groups is 1. The van der Waals surface area contributed by atoms with E-state index >= 15 is 0 Å². The van der Waals surface area contributed by atoms with Gasteiger partial charge >= 0.3 is 6.11 Å². The van der Waals surface area contributed by atoms with Crippen LogP contribution in [0, 0.1) is 13.8 Å². The van der Waals surface area contributed by atoms with E-state index in [-0.39, 0.29) is 18.2 Å². The zero-order valence-corrected chi connectivity index (χ0v) is 15.8. The summed E-state index contributed by atoms with van der Waals surface area (Å²) in [6.45, 7) is 4.62. The van der Waals surface area contributed by atoms with Gasteiger partial charge in [-0.15, -0.1) is 16.4 Å². The minimum Gasteiger partial charge on any atom is -0.433 e. The molecule has 0 aliphatic heterocycles. The maximum absolute atomic E-state index is 12.8. The van der Waals surface area contributed by atoms with Gasteiger partial charge in [0, 0.05) is 18.9 Å². The Kier molecular flexibility index (Phi) is 4.97. The van der Waals surface area contributed by atoms with Crippen LogP contribution in [0.15, 0.2) is 24.3 Å². The first-order chi connectivity index (χ1) is 12.7. The molecule has 1 amide bonds. The molecule has 0 aliphatic carbocycles. The maximum atomic E-state index is 12.8. The molecule has 9 heteroatoms. The zero-order chi connectivity index (χ0) is 19.8. The molecule has 6 nitrogen and oxygen atoms in total. The van der Waals surface area contributed by atoms with Gasteiger partial charge in [-0.05, 0) is 37.1 Å². The number of aryl methyl sites for hydroxylation is 2. The van der Waals surface area contributed by atoms with E-state index in [0.717, 1.165) is 22.2 Å². The van der Waals surface area contributed by atoms with Crippen LogP contribution in [0.1, 0.15) is 33.4 Å². The van der Waals surface area contributed by atoms with Gasteiger partial charge in [0.15, 0.2) is 0 Å². The lowest BCUT2D eigenvalue weighted by Crippen LogP contribution is -2.22. The van der Waals surface area contributed by atoms with Crippen molar-refractivity contribution in [3.8, 4) is 5.75 Å². The fourth-order valence-corrected chi connectivity index (χ4v) is 3.57. The number of aromatic nitrogens is 2. The largest absolute Gasteiger partial charge is 0.433 e. The van der Waals surface area contributed by atoms with Gasteiger partial charge < -0.3 is 15.8 Å². The molecule has 0 atom stereocenters. The zero-order valence-electron chi connectivity index (χ0n) is 15.0. The summed E-state index contributed by atoms with van der Waals surface area (Å²) in [5.41, 5.74) is 8.94. The number of nitrogens with one attached hydrogen (secondary N) is 1. The van der Waals surface area contributed by atoms with E-state index in [1.807, 2.05) is 13.8 Å². The lowest BCUT2D eigenvalue weighted by atomic mass is 10.1. The van der Waals surface area contributed by atoms with Crippen LogP contribution in [-0.2, 0) is 6.54 Å². The van der Waals surface area contributed by atoms with Gasteiger partial charge in [0.25, 0.3) is 5.91 Å². The summed E-state index contributed by atoms with van der Waals surface area (Å²) in [6, 6.07) is 6.06. The highest BCUT2D eigenvalue weighted by Gasteiger charge is 2.23. The molecular weight excluding hydrogens is 374 g/mol. The quantitative estimate of drug-likeness (QED) is 0.689. The number of amides is 1. The molecule has 0 radical (unpaired) electrons. The number of fused-ring (bicyclic) bond motifs is 1. The van der Waals surface area contributed by atoms with Crippen molar-refractivity contribution in [3.05, 3.63) is 46.0 Å². The van der Waals surface area contributed by atoms with Crippen LogP contribution in [0.2, 0.25) is 0 Å². The molecule has 27 heavy (non-hydrogen) atoms. The third kappa shape index (κ3) is 4.13. The van der Waals surface area contributed by atoms with Crippen LogP contribution < -0.4 is 15.8 Å². The van der Waals surface area contributed by atoms with Crippen molar-refractivity contribution in [3.63, 3.8) is 0 Å². The van der Waals surface area contributed by atoms with Crippen LogP contribution in [0.4, 0.5) is 14.5 Å². The number of anilines is 1. The molecule has 0 aliphatic rings. The molecule has 0 saturated heterocycles. The molecule has 3 rings (SSSR count). The second-order valence-electron chi connectivity index (χ2n) is 6.17. The summed E-state index contributed by atoms with van der Waals surface area (Å²) in [4.78, 5) is 13.5. The Morgan fingerprint density at radius 3 is 2.56 bits per heavy atom. The van der Waals surface area contributed by atoms with E-state index in [4.69, 9.17) is 5.73 Å². The summed E-state index contributed by atoms with van der Waals surface area (Å²) in [5, 5.41) is 11.7. The van der Waals surface area contributed by atoms with Gasteiger partial charge in [-0.1, -0.05) is 12.1 Å². The first-order valence-corrected chi connectivity index (χ1v) is 8.93. The molecule has 1 aromatic carbocycles. The smallest absolute Gasteiger partial charge is 0.394 e. The molecule has 0 saturated carbocycles. The number of alkyl halides is 2. The Morgan fingerprint density at radius 2 is 1.93 bits per heavy atom. The van der Waals surface area contributed by atoms with E-state index in [1.54, 1.807) is 12.1 Å². The maximum Gasteiger partial charge on any atom is 0.394 e. The van der Waals surface area contributed by atoms with E-state index in [9.17, 15) is 13.6 Å². The standard InChI is InChI=1S/C18H18F2N4O2S/c1-9-10(2)23-24-17-13(9)14(21)15(27-17)16(25)22-8-11-4-6-12(7-5-11)26-18(3,19)20/h4-7H,8,21H2,1-3H3,(H,22,25). The van der Waals surface area contributed by atoms with Crippen molar-refractivity contribution in [1.82, 2.24) is 15.5 Å². The topological polar surface area (TPSA) is 90.1 Å². The number of rotatable bonds is 5. The number of benzene rings is 1. The average molecular weight is 392 g/mol. The van der Waals surface area contributed by atoms with Crippen molar-refractivity contribution >= 4 is 33.1 Å². The van der Waals surface area contributed by atoms with Gasteiger partial charge in [0.05, 0.1) is 11.4 Å². The van der Waals surface area contributed by atoms with Crippen molar-refractivity contribution < 1.29 is 18.3 Å². The Morgan fingerprint density at radius 1 is 1.26 bits per heavy atom. The van der Waals surface area contributed by atoms with Crippen LogP contribution in [0.25, 0.3) is 10.2 Å². The lowest BCUT2D eigenvalue weighted by molar-refractivity contribution is -0.158. The molecule has 0 unspecified atom stereocenters. The minimum absolute atomic E-state index is 0.0516. The number of nitrogens with zero attached hydrogens (tertiary/aromatic N) is 2. The number of hydrogen-bond donors (Lipinski definition) is 2. The Hall–Kier alpha value is -2.81. The van der Waals surface area contributed by atoms with E-state index in [1.165, 1.54) is 23.5 Å². The second kappa shape index (κ2) is 7.07. The minimum atomic E-state index is -3.24. The molecule has 2 aromatic heterocycles. The molecule has 3 aromatic rings. The van der Waals surface area contributed by atoms with Crippen LogP contribution >= 0.6 is 11.3 Å². The molecule has 0 fully saturated rings. The summed E-state index contributed by atoms with van der Waals surface area (Å²) in [7, 11) is 0. The van der Waals surface area contributed by atoms with E-state index in [0.29, 0.717) is 22.3 Å². The van der Waals surface area contributed by atoms with Gasteiger partial charge in [-0.25, -0.2) is 0 Å². The second-order valence-corrected chi connectivity index (χ2v) is 7.17. The van der Waals surface area contributed by atoms with E-state index < -0.39 is 6.11 Å². The van der Waals surface area contributed by atoms with Crippen LogP contribution in [0.5, 0.6) is 5.75 Å². The van der Waals surface area contributed by atoms with Crippen LogP contribution in [0.3, 0.4) is 0 Å². The Labute approximate surface area is 158 Å². The normalized spacial score (nSPS) is 11.6. The molecular formula is C18H18F2N4O2S. The highest BCUT2D eigenvalue weighted by molar-refractivity contribution is 7.21. The molecule has 3 N–H and O–H groups in total. The molecule has 142 valence electrons. The van der Waals surface area contributed by atoms with Gasteiger partial charge in [0.1, 0.15) is 15.5 Å². The SMILES string of the molecule is Cc1nnc2sc(C(=O)NCc3ccc(OC(C)(F)F)cc3)c(N)c2c1C. The highest BCUT2D eigenvalue weighted by atomic mass is 32.1. The number of thiophene rings is 1. The van der Waals surface area contributed by atoms with Crippen molar-refractivity contribution in [2.75, 3.05) is 5.73 Å². The van der Waals surface area contributed by atoms with Gasteiger partial charge in [0.2, 0.25) is 0 Å². The first kappa shape index (κ1) is 19.0. The summed E-state index contributed by atoms with van der Waals surface area (Å²) >= 11 is 1.18. The molecule has 0 bridgehead atoms. The predicted octanol–water partition coefficient (Wildman–Crippen LogP) is 3.81. The summed E-state index contributed by atoms with van der Waals surface area (Å²) in [5.74, 6) is -0.274. The fraction of sp³-hybridized carbons (Fsp3) is 0.278. The van der Waals surface area contributed by atoms with Gasteiger partial charge in [-0.3, -0.25) is 4.79 Å². The fourth-order valence-electron chi connectivity index (χ4n) is 2.55. The molecule has 0 spiro atoms. The third-order valence-electron chi connectivity index (χ3n) is 4.01. The number of ether oxygens (including phenoxy) is 1. The lowest BCUT2D eigenvalue weighted by Gasteiger charge is -2.13.